The minimum Gasteiger partial charge on any atom is -0.389 e. The number of hydrogen-bond donors (Lipinski definition) is 2. The molecule has 0 amide bonds. The van der Waals surface area contributed by atoms with E-state index in [2.05, 4.69) is 25.2 Å². The molecule has 3 N–H and O–H groups in total. The van der Waals surface area contributed by atoms with Gasteiger partial charge in [0, 0.05) is 17.8 Å². The van der Waals surface area contributed by atoms with E-state index in [9.17, 15) is 0 Å². The number of nitrogens with one attached hydrogen (secondary N) is 1. The van der Waals surface area contributed by atoms with Gasteiger partial charge < -0.3 is 11.1 Å². The van der Waals surface area contributed by atoms with E-state index in [-0.39, 0.29) is 0 Å². The average Bonchev–Trinajstić information content (AvgIpc) is 2.91. The fraction of sp³-hybridized carbons (Fsp3) is 0.462. The van der Waals surface area contributed by atoms with E-state index in [4.69, 9.17) is 18.0 Å². The summed E-state index contributed by atoms with van der Waals surface area (Å²) < 4.78 is 0. The van der Waals surface area contributed by atoms with Crippen molar-refractivity contribution in [2.45, 2.75) is 20.3 Å². The zero-order valence-corrected chi connectivity index (χ0v) is 10.6. The Bertz CT molecular complexity index is 414. The summed E-state index contributed by atoms with van der Waals surface area (Å²) in [6, 6.07) is 6.15. The normalized spacial score (nSPS) is 22.9. The summed E-state index contributed by atoms with van der Waals surface area (Å²) in [4.78, 5) is 0.464. The summed E-state index contributed by atoms with van der Waals surface area (Å²) in [5.74, 6) is 1.69. The summed E-state index contributed by atoms with van der Waals surface area (Å²) >= 11 is 5.05. The third-order valence-corrected chi connectivity index (χ3v) is 3.49. The monoisotopic (exact) mass is 234 g/mol. The Balaban J connectivity index is 2.10. The first-order valence-electron chi connectivity index (χ1n) is 5.72. The van der Waals surface area contributed by atoms with E-state index >= 15 is 0 Å². The van der Waals surface area contributed by atoms with Crippen LogP contribution in [0.3, 0.4) is 0 Å². The first-order chi connectivity index (χ1) is 7.58. The van der Waals surface area contributed by atoms with Crippen LogP contribution < -0.4 is 11.1 Å². The maximum Gasteiger partial charge on any atom is 0.106 e. The summed E-state index contributed by atoms with van der Waals surface area (Å²) in [5, 5.41) is 3.46. The molecule has 0 saturated heterocycles. The highest BCUT2D eigenvalue weighted by atomic mass is 32.1. The second-order valence-electron chi connectivity index (χ2n) is 4.77. The van der Waals surface area contributed by atoms with E-state index < -0.39 is 0 Å². The topological polar surface area (TPSA) is 38.0 Å². The van der Waals surface area contributed by atoms with Gasteiger partial charge in [-0.15, -0.1) is 0 Å². The van der Waals surface area contributed by atoms with E-state index in [1.54, 1.807) is 0 Å². The van der Waals surface area contributed by atoms with Crippen molar-refractivity contribution in [3.8, 4) is 0 Å². The molecule has 0 radical (unpaired) electrons. The van der Waals surface area contributed by atoms with Gasteiger partial charge in [0.1, 0.15) is 4.99 Å². The Morgan fingerprint density at radius 1 is 1.56 bits per heavy atom. The quantitative estimate of drug-likeness (QED) is 0.787. The van der Waals surface area contributed by atoms with Crippen molar-refractivity contribution in [2.75, 3.05) is 11.9 Å². The van der Waals surface area contributed by atoms with Crippen LogP contribution in [0.4, 0.5) is 5.69 Å². The molecular weight excluding hydrogens is 216 g/mol. The van der Waals surface area contributed by atoms with Crippen LogP contribution in [-0.2, 0) is 0 Å². The smallest absolute Gasteiger partial charge is 0.106 e. The van der Waals surface area contributed by atoms with Crippen molar-refractivity contribution >= 4 is 22.9 Å². The third-order valence-electron chi connectivity index (χ3n) is 3.27. The lowest BCUT2D eigenvalue weighted by atomic mass is 10.1. The number of benzene rings is 1. The van der Waals surface area contributed by atoms with E-state index in [0.717, 1.165) is 29.6 Å². The summed E-state index contributed by atoms with van der Waals surface area (Å²) in [7, 11) is 0. The summed E-state index contributed by atoms with van der Waals surface area (Å²) in [6.45, 7) is 5.39. The molecular formula is C13H18N2S. The number of aryl methyl sites for hydroxylation is 1. The molecule has 1 aromatic rings. The number of rotatable bonds is 4. The lowest BCUT2D eigenvalue weighted by molar-refractivity contribution is 0.787. The zero-order valence-electron chi connectivity index (χ0n) is 9.79. The molecule has 1 aromatic carbocycles. The van der Waals surface area contributed by atoms with Gasteiger partial charge in [0.05, 0.1) is 0 Å². The molecule has 2 nitrogen and oxygen atoms in total. The number of hydrogen-bond acceptors (Lipinski definition) is 2. The molecule has 16 heavy (non-hydrogen) atoms. The molecule has 0 bridgehead atoms. The average molecular weight is 234 g/mol. The van der Waals surface area contributed by atoms with Crippen LogP contribution in [0, 0.1) is 18.8 Å². The van der Waals surface area contributed by atoms with Gasteiger partial charge in [0.25, 0.3) is 0 Å². The number of anilines is 1. The van der Waals surface area contributed by atoms with Crippen LogP contribution in [0.25, 0.3) is 0 Å². The van der Waals surface area contributed by atoms with Gasteiger partial charge in [-0.05, 0) is 42.9 Å². The van der Waals surface area contributed by atoms with Gasteiger partial charge in [0.2, 0.25) is 0 Å². The maximum absolute atomic E-state index is 5.71. The highest BCUT2D eigenvalue weighted by Gasteiger charge is 2.31. The Labute approximate surface area is 102 Å². The molecule has 0 aliphatic heterocycles. The number of thiocarbonyl (C=S) groups is 1. The zero-order chi connectivity index (χ0) is 11.7. The van der Waals surface area contributed by atoms with E-state index in [0.29, 0.717) is 4.99 Å². The minimum atomic E-state index is 0.464. The second kappa shape index (κ2) is 4.42. The second-order valence-corrected chi connectivity index (χ2v) is 5.21. The summed E-state index contributed by atoms with van der Waals surface area (Å²) in [6.07, 6.45) is 1.33. The van der Waals surface area contributed by atoms with E-state index in [1.807, 2.05) is 12.1 Å². The van der Waals surface area contributed by atoms with Crippen LogP contribution in [-0.4, -0.2) is 11.5 Å². The van der Waals surface area contributed by atoms with Crippen molar-refractivity contribution < 1.29 is 0 Å². The molecule has 0 spiro atoms. The molecule has 2 rings (SSSR count). The van der Waals surface area contributed by atoms with Crippen LogP contribution >= 0.6 is 12.2 Å². The fourth-order valence-electron chi connectivity index (χ4n) is 1.94. The molecule has 0 heterocycles. The predicted octanol–water partition coefficient (Wildman–Crippen LogP) is 2.70. The van der Waals surface area contributed by atoms with Crippen molar-refractivity contribution in [1.29, 1.82) is 0 Å². The highest BCUT2D eigenvalue weighted by Crippen LogP contribution is 2.37. The molecule has 0 aromatic heterocycles. The lowest BCUT2D eigenvalue weighted by Gasteiger charge is -2.11. The minimum absolute atomic E-state index is 0.464. The molecule has 1 saturated carbocycles. The Morgan fingerprint density at radius 2 is 2.25 bits per heavy atom. The fourth-order valence-corrected chi connectivity index (χ4v) is 2.12. The van der Waals surface area contributed by atoms with Gasteiger partial charge >= 0.3 is 0 Å². The highest BCUT2D eigenvalue weighted by molar-refractivity contribution is 7.80. The standard InChI is InChI=1S/C13H18N2S/c1-8-3-4-11(13(14)16)12(5-8)15-7-10-6-9(10)2/h3-5,9-10,15H,6-7H2,1-2H3,(H2,14,16). The van der Waals surface area contributed by atoms with Crippen LogP contribution in [0.1, 0.15) is 24.5 Å². The number of nitrogens with two attached hydrogens (primary N) is 1. The first-order valence-corrected chi connectivity index (χ1v) is 6.13. The Kier molecular flexibility index (Phi) is 3.15. The lowest BCUT2D eigenvalue weighted by Crippen LogP contribution is -2.14. The van der Waals surface area contributed by atoms with Crippen molar-refractivity contribution in [3.63, 3.8) is 0 Å². The molecule has 1 aliphatic rings. The molecule has 1 fully saturated rings. The van der Waals surface area contributed by atoms with Crippen LogP contribution in [0.5, 0.6) is 0 Å². The molecule has 2 atom stereocenters. The van der Waals surface area contributed by atoms with Gasteiger partial charge in [-0.3, -0.25) is 0 Å². The molecule has 3 heteroatoms. The Morgan fingerprint density at radius 3 is 2.81 bits per heavy atom. The summed E-state index contributed by atoms with van der Waals surface area (Å²) in [5.41, 5.74) is 8.96. The molecule has 2 unspecified atom stereocenters. The maximum atomic E-state index is 5.71. The predicted molar refractivity (Wildman–Crippen MR) is 72.8 cm³/mol. The van der Waals surface area contributed by atoms with Gasteiger partial charge in [-0.1, -0.05) is 25.2 Å². The van der Waals surface area contributed by atoms with Crippen LogP contribution in [0.15, 0.2) is 18.2 Å². The van der Waals surface area contributed by atoms with Gasteiger partial charge in [-0.25, -0.2) is 0 Å². The van der Waals surface area contributed by atoms with Crippen molar-refractivity contribution in [2.24, 2.45) is 17.6 Å². The van der Waals surface area contributed by atoms with Gasteiger partial charge in [0.15, 0.2) is 0 Å². The SMILES string of the molecule is Cc1ccc(C(N)=S)c(NCC2CC2C)c1. The van der Waals surface area contributed by atoms with Crippen LogP contribution in [0.2, 0.25) is 0 Å². The largest absolute Gasteiger partial charge is 0.389 e. The van der Waals surface area contributed by atoms with E-state index in [1.165, 1.54) is 12.0 Å². The third kappa shape index (κ3) is 2.53. The van der Waals surface area contributed by atoms with Gasteiger partial charge in [-0.2, -0.15) is 0 Å². The van der Waals surface area contributed by atoms with Crippen molar-refractivity contribution in [1.82, 2.24) is 0 Å². The molecule has 86 valence electrons. The Hall–Kier alpha value is -1.09. The first kappa shape index (κ1) is 11.4. The van der Waals surface area contributed by atoms with Crippen molar-refractivity contribution in [3.05, 3.63) is 29.3 Å². The molecule has 1 aliphatic carbocycles.